The molecular formula is C32H49NO6S. The number of hydrogen-bond donors (Lipinski definition) is 2. The van der Waals surface area contributed by atoms with E-state index in [1.165, 1.54) is 0 Å². The molecule has 224 valence electrons. The summed E-state index contributed by atoms with van der Waals surface area (Å²) in [4.78, 5) is 2.32. The number of aliphatic hydroxyl groups excluding tert-OH is 1. The second-order valence-electron chi connectivity index (χ2n) is 12.6. The molecule has 1 atom stereocenters. The Morgan fingerprint density at radius 2 is 1.48 bits per heavy atom. The van der Waals surface area contributed by atoms with Crippen LogP contribution in [-0.4, -0.2) is 74.0 Å². The van der Waals surface area contributed by atoms with E-state index in [4.69, 9.17) is 18.9 Å². The quantitative estimate of drug-likeness (QED) is 0.330. The van der Waals surface area contributed by atoms with E-state index in [9.17, 15) is 10.2 Å². The number of rotatable bonds is 11. The molecule has 40 heavy (non-hydrogen) atoms. The molecule has 0 bridgehead atoms. The number of aromatic hydroxyl groups is 1. The Hall–Kier alpha value is -2.29. The summed E-state index contributed by atoms with van der Waals surface area (Å²) in [5, 5.41) is 22.3. The predicted molar refractivity (Wildman–Crippen MR) is 164 cm³/mol. The van der Waals surface area contributed by atoms with Gasteiger partial charge in [0.2, 0.25) is 5.75 Å². The first-order valence-corrected chi connectivity index (χ1v) is 15.1. The van der Waals surface area contributed by atoms with Crippen molar-refractivity contribution in [2.75, 3.05) is 47.6 Å². The number of phenols is 1. The molecule has 1 saturated heterocycles. The second-order valence-corrected chi connectivity index (χ2v) is 13.9. The number of benzene rings is 2. The number of β-amino-alcohol motifs (C(OH)–C–C–N with tert-alkyl or cyclic N) is 1. The molecule has 0 radical (unpaired) electrons. The van der Waals surface area contributed by atoms with E-state index in [1.807, 2.05) is 36.0 Å². The monoisotopic (exact) mass is 575 g/mol. The van der Waals surface area contributed by atoms with Gasteiger partial charge in [0, 0.05) is 34.2 Å². The number of aliphatic hydroxyl groups is 1. The van der Waals surface area contributed by atoms with E-state index in [0.717, 1.165) is 54.1 Å². The molecule has 1 aliphatic heterocycles. The Balaban J connectivity index is 1.52. The maximum atomic E-state index is 10.9. The van der Waals surface area contributed by atoms with Gasteiger partial charge in [-0.3, -0.25) is 0 Å². The average Bonchev–Trinajstić information content (AvgIpc) is 2.90. The van der Waals surface area contributed by atoms with Crippen LogP contribution in [0.3, 0.4) is 0 Å². The van der Waals surface area contributed by atoms with Gasteiger partial charge < -0.3 is 34.1 Å². The largest absolute Gasteiger partial charge is 0.507 e. The van der Waals surface area contributed by atoms with Crippen LogP contribution in [0.1, 0.15) is 71.1 Å². The van der Waals surface area contributed by atoms with Crippen LogP contribution in [0, 0.1) is 0 Å². The van der Waals surface area contributed by atoms with Gasteiger partial charge in [0.05, 0.1) is 21.3 Å². The first-order chi connectivity index (χ1) is 18.8. The van der Waals surface area contributed by atoms with Crippen molar-refractivity contribution >= 4 is 11.8 Å². The van der Waals surface area contributed by atoms with Crippen molar-refractivity contribution in [1.82, 2.24) is 4.90 Å². The lowest BCUT2D eigenvalue weighted by molar-refractivity contribution is 0.0622. The fourth-order valence-corrected chi connectivity index (χ4v) is 6.31. The van der Waals surface area contributed by atoms with Gasteiger partial charge in [-0.1, -0.05) is 47.6 Å². The smallest absolute Gasteiger partial charge is 0.203 e. The van der Waals surface area contributed by atoms with Crippen LogP contribution in [-0.2, 0) is 16.6 Å². The molecular weight excluding hydrogens is 526 g/mol. The third kappa shape index (κ3) is 8.14. The molecule has 2 aromatic rings. The highest BCUT2D eigenvalue weighted by molar-refractivity contribution is 7.99. The Labute approximate surface area is 245 Å². The number of phenolic OH excluding ortho intramolecular Hbond substituents is 1. The predicted octanol–water partition coefficient (Wildman–Crippen LogP) is 6.15. The first kappa shape index (κ1) is 32.2. The van der Waals surface area contributed by atoms with Crippen molar-refractivity contribution < 1.29 is 29.2 Å². The lowest BCUT2D eigenvalue weighted by atomic mass is 9.79. The molecule has 2 aromatic carbocycles. The fourth-order valence-electron chi connectivity index (χ4n) is 5.12. The Kier molecular flexibility index (Phi) is 10.9. The summed E-state index contributed by atoms with van der Waals surface area (Å²) in [6.07, 6.45) is 1.54. The van der Waals surface area contributed by atoms with Gasteiger partial charge in [0.25, 0.3) is 0 Å². The molecule has 7 nitrogen and oxygen atoms in total. The zero-order chi connectivity index (χ0) is 29.7. The lowest BCUT2D eigenvalue weighted by Crippen LogP contribution is -2.41. The summed E-state index contributed by atoms with van der Waals surface area (Å²) in [5.74, 6) is 3.88. The van der Waals surface area contributed by atoms with E-state index >= 15 is 0 Å². The third-order valence-electron chi connectivity index (χ3n) is 7.41. The van der Waals surface area contributed by atoms with Gasteiger partial charge in [0.15, 0.2) is 11.5 Å². The van der Waals surface area contributed by atoms with E-state index in [-0.39, 0.29) is 17.4 Å². The molecule has 1 unspecified atom stereocenters. The number of thioether (sulfide) groups is 1. The van der Waals surface area contributed by atoms with Crippen molar-refractivity contribution in [3.05, 3.63) is 41.0 Å². The van der Waals surface area contributed by atoms with E-state index < -0.39 is 6.10 Å². The van der Waals surface area contributed by atoms with Crippen molar-refractivity contribution in [2.45, 2.75) is 82.3 Å². The number of nitrogens with zero attached hydrogens (tertiary/aromatic N) is 1. The standard InChI is InChI=1S/C32H49NO6S/c1-31(2,3)25-16-23(17-26(28(25)35)32(4,5)6)39-19-22(34)18-33-14-12-24(13-15-33)40-20-21-10-11-27(36-7)30(38-9)29(21)37-8/h10-11,16-17,22,24,34-35H,12-15,18-20H2,1-9H3. The number of likely N-dealkylation sites (tertiary alicyclic amines) is 1. The van der Waals surface area contributed by atoms with Gasteiger partial charge in [-0.2, -0.15) is 11.8 Å². The van der Waals surface area contributed by atoms with E-state index in [1.54, 1.807) is 21.3 Å². The van der Waals surface area contributed by atoms with Crippen molar-refractivity contribution in [1.29, 1.82) is 0 Å². The molecule has 0 spiro atoms. The molecule has 0 aliphatic carbocycles. The summed E-state index contributed by atoms with van der Waals surface area (Å²) in [5.41, 5.74) is 2.35. The van der Waals surface area contributed by atoms with E-state index in [2.05, 4.69) is 46.4 Å². The van der Waals surface area contributed by atoms with Crippen molar-refractivity contribution in [2.24, 2.45) is 0 Å². The molecule has 2 N–H and O–H groups in total. The van der Waals surface area contributed by atoms with Gasteiger partial charge in [-0.15, -0.1) is 0 Å². The van der Waals surface area contributed by atoms with Crippen LogP contribution >= 0.6 is 11.8 Å². The van der Waals surface area contributed by atoms with Gasteiger partial charge in [-0.25, -0.2) is 0 Å². The minimum Gasteiger partial charge on any atom is -0.507 e. The van der Waals surface area contributed by atoms with Crippen molar-refractivity contribution in [3.8, 4) is 28.7 Å². The summed E-state index contributed by atoms with van der Waals surface area (Å²) >= 11 is 1.94. The molecule has 8 heteroatoms. The second kappa shape index (κ2) is 13.6. The molecule has 0 saturated carbocycles. The Bertz CT molecular complexity index is 1080. The van der Waals surface area contributed by atoms with E-state index in [0.29, 0.717) is 34.8 Å². The average molecular weight is 576 g/mol. The van der Waals surface area contributed by atoms with Crippen LogP contribution in [0.15, 0.2) is 24.3 Å². The molecule has 3 rings (SSSR count). The van der Waals surface area contributed by atoms with Gasteiger partial charge >= 0.3 is 0 Å². The van der Waals surface area contributed by atoms with Gasteiger partial charge in [0.1, 0.15) is 24.2 Å². The highest BCUT2D eigenvalue weighted by Crippen LogP contribution is 2.43. The number of piperidine rings is 1. The summed E-state index contributed by atoms with van der Waals surface area (Å²) in [6.45, 7) is 15.2. The minimum absolute atomic E-state index is 0.214. The topological polar surface area (TPSA) is 80.6 Å². The maximum absolute atomic E-state index is 10.9. The minimum atomic E-state index is -0.592. The van der Waals surface area contributed by atoms with Crippen LogP contribution in [0.25, 0.3) is 0 Å². The highest BCUT2D eigenvalue weighted by atomic mass is 32.2. The third-order valence-corrected chi connectivity index (χ3v) is 8.83. The van der Waals surface area contributed by atoms with Crippen LogP contribution in [0.5, 0.6) is 28.7 Å². The summed E-state index contributed by atoms with van der Waals surface area (Å²) in [7, 11) is 4.92. The summed E-state index contributed by atoms with van der Waals surface area (Å²) < 4.78 is 22.6. The summed E-state index contributed by atoms with van der Waals surface area (Å²) in [6, 6.07) is 7.79. The van der Waals surface area contributed by atoms with Gasteiger partial charge in [-0.05, 0) is 55.0 Å². The van der Waals surface area contributed by atoms with Crippen LogP contribution < -0.4 is 18.9 Å². The zero-order valence-corrected chi connectivity index (χ0v) is 26.6. The number of methoxy groups -OCH3 is 3. The van der Waals surface area contributed by atoms with Crippen LogP contribution in [0.2, 0.25) is 0 Å². The SMILES string of the molecule is COc1ccc(CSC2CCN(CC(O)COc3cc(C(C)(C)C)c(O)c(C(C)(C)C)c3)CC2)c(OC)c1OC. The molecule has 1 fully saturated rings. The number of ether oxygens (including phenoxy) is 4. The highest BCUT2D eigenvalue weighted by Gasteiger charge is 2.28. The fraction of sp³-hybridized carbons (Fsp3) is 0.625. The molecule has 0 amide bonds. The normalized spacial score (nSPS) is 16.1. The zero-order valence-electron chi connectivity index (χ0n) is 25.8. The molecule has 1 heterocycles. The lowest BCUT2D eigenvalue weighted by Gasteiger charge is -2.33. The first-order valence-electron chi connectivity index (χ1n) is 14.1. The maximum Gasteiger partial charge on any atom is 0.203 e. The number of hydrogen-bond acceptors (Lipinski definition) is 8. The molecule has 1 aliphatic rings. The van der Waals surface area contributed by atoms with Crippen LogP contribution in [0.4, 0.5) is 0 Å². The Morgan fingerprint density at radius 1 is 0.900 bits per heavy atom. The Morgan fingerprint density at radius 3 is 1.98 bits per heavy atom. The molecule has 0 aromatic heterocycles. The van der Waals surface area contributed by atoms with Crippen molar-refractivity contribution in [3.63, 3.8) is 0 Å².